The molecule has 0 aliphatic carbocycles. The van der Waals surface area contributed by atoms with Gasteiger partial charge in [-0.1, -0.05) is 19.6 Å². The molecule has 4 atom stereocenters. The van der Waals surface area contributed by atoms with Gasteiger partial charge in [0.15, 0.2) is 23.1 Å². The number of aliphatic carboxylic acids is 1. The van der Waals surface area contributed by atoms with E-state index in [2.05, 4.69) is 165 Å². The Morgan fingerprint density at radius 2 is 0.895 bits per heavy atom. The second kappa shape index (κ2) is 59.5. The molecule has 2 aliphatic heterocycles. The molecule has 2 saturated heterocycles. The number of pyridine rings is 2. The number of halogens is 5. The number of esters is 1. The van der Waals surface area contributed by atoms with Crippen molar-refractivity contribution in [3.05, 3.63) is 159 Å². The summed E-state index contributed by atoms with van der Waals surface area (Å²) in [7, 11) is 26.7. The molecule has 0 spiro atoms. The molecular weight excluding hydrogens is 2280 g/mol. The Kier molecular flexibility index (Phi) is 52.3. The number of Topliss-reactive ketones (excluding diaryl/α,β-unsaturated/α-hetero) is 4. The number of amides is 2. The Morgan fingerprint density at radius 1 is 0.526 bits per heavy atom. The molecule has 714 valence electrons. The molecule has 56 heteroatoms. The zero-order chi connectivity index (χ0) is 96.2. The number of likely N-dealkylation sites (tertiary alicyclic amines) is 1. The summed E-state index contributed by atoms with van der Waals surface area (Å²) in [5, 5.41) is 29.2. The highest BCUT2D eigenvalue weighted by Gasteiger charge is 2.41. The van der Waals surface area contributed by atoms with E-state index in [4.69, 9.17) is 24.1 Å². The third kappa shape index (κ3) is 36.8. The molecule has 0 radical (unpaired) electrons. The number of carbonyl (C=O) groups is 8. The number of nitrogens with zero attached hydrogens (tertiary/aromatic N) is 15. The van der Waals surface area contributed by atoms with E-state index in [0.717, 1.165) is 16.7 Å². The monoisotopic (exact) mass is 2350 g/mol. The van der Waals surface area contributed by atoms with Crippen molar-refractivity contribution in [2.45, 2.75) is 139 Å². The van der Waals surface area contributed by atoms with Crippen LogP contribution in [-0.2, 0) is 255 Å². The van der Waals surface area contributed by atoms with E-state index < -0.39 is 47.7 Å². The highest BCUT2D eigenvalue weighted by molar-refractivity contribution is 9.10. The molecule has 0 unspecified atom stereocenters. The summed E-state index contributed by atoms with van der Waals surface area (Å²) in [5.41, 5.74) is 6.61. The molecule has 0 saturated carbocycles. The van der Waals surface area contributed by atoms with Gasteiger partial charge in [0.25, 0.3) is 0 Å². The van der Waals surface area contributed by atoms with Crippen molar-refractivity contribution in [1.29, 1.82) is 0 Å². The maximum atomic E-state index is 14.5. The van der Waals surface area contributed by atoms with Crippen LogP contribution in [0.5, 0.6) is 17.2 Å². The number of aromatic nitrogens is 14. The standard InChI is InChI=1S/C27H25BrFN7O4.C21H24N4O4.C17H16N4O4.C11H12BrFN2O.CH4.ClH.S8.S7.S6/c1-14(37)26-19-8-18(16-10-30-15(2)31-11-16)22(40-3)9-20(19)36(34-26)13-25(38)35-12-17(29)7-21(35)27(39)33-24-6-4-5-23(28)32-24;1-12(26)20-16-7-15(14-9-22-13(2)23-10-14)18(28-6)8-17(16)25(24-20)11-19(27)29-21(3,4)5;1-9(22)17-13-4-12(11-6-18-10(2)19-7-11)15(25-3)5-14(13)21(20-17)8-16(23)24;12-11-3-1-2-8(15-11)5-10(16)9-4-7(13)6-14-9;;;1-3-5-7-8-6-4-2;1-3-5-7-6-4-2;1-3-5-6-4-2/h4-6,8-11,17,21H,7,12-13H2,1-3H3,(H,32,33,39);7-10H,11H2,1-6H3;4-7H,8H2,1-3H3,(H,23,24);1-3,7,9,14H,4-6H2;1H4;1H;;;/t17-,21+;;;7-,9+;;;;;/m1..1...../s1. The number of anilines is 1. The summed E-state index contributed by atoms with van der Waals surface area (Å²) in [6.45, 7) is 14.3. The highest BCUT2D eigenvalue weighted by atomic mass is 79.9. The average Bonchev–Trinajstić information content (AvgIpc) is 1.63. The van der Waals surface area contributed by atoms with E-state index in [1.54, 1.807) is 209 Å². The Bertz CT molecular complexity index is 6780. The minimum absolute atomic E-state index is 0. The summed E-state index contributed by atoms with van der Waals surface area (Å²) in [4.78, 5) is 133. The number of benzene rings is 3. The number of carbonyl (C=O) groups excluding carboxylic acids is 7. The van der Waals surface area contributed by atoms with Crippen molar-refractivity contribution in [2.75, 3.05) is 39.7 Å². The van der Waals surface area contributed by atoms with Crippen molar-refractivity contribution in [1.82, 2.24) is 79.4 Å². The number of rotatable bonds is 20. The van der Waals surface area contributed by atoms with Crippen LogP contribution in [0.25, 0.3) is 66.1 Å². The van der Waals surface area contributed by atoms with Gasteiger partial charge in [0.2, 0.25) is 11.8 Å². The van der Waals surface area contributed by atoms with Crippen LogP contribution >= 0.6 is 44.3 Å². The van der Waals surface area contributed by atoms with Gasteiger partial charge in [0.1, 0.15) is 110 Å². The van der Waals surface area contributed by atoms with Crippen molar-refractivity contribution >= 4 is 330 Å². The predicted octanol–water partition coefficient (Wildman–Crippen LogP) is 11.9. The lowest BCUT2D eigenvalue weighted by Crippen LogP contribution is -2.44. The first kappa shape index (κ1) is 117. The van der Waals surface area contributed by atoms with Crippen LogP contribution in [0, 0.1) is 20.8 Å². The topological polar surface area (TPSA) is 378 Å². The number of fused-ring (bicyclic) bond motifs is 3. The van der Waals surface area contributed by atoms with Crippen molar-refractivity contribution in [3.63, 3.8) is 0 Å². The van der Waals surface area contributed by atoms with Gasteiger partial charge in [-0.15, -0.1) is 12.4 Å². The normalized spacial score (nSPS) is 13.5. The predicted molar refractivity (Wildman–Crippen MR) is 576 cm³/mol. The SMILES string of the molecule is C.COc1cc2c(cc1-c1cnc(C)nc1)c(C(C)=O)nn2CC(=O)N1C[C@H](F)C[C@H]1C(=O)Nc1cccc(Br)n1.COc1cc2c(cc1-c1cnc(C)nc1)c(C(C)=O)nn2CC(=O)O.COc1cc2c(cc1-c1cnc(C)nc1)c(C(C)=O)nn2CC(=O)OC(C)(C)C.Cl.O=C(Cc1cccc(Br)n1)[C@@H]1C[C@@H](F)CN1.S=S=S=S=S=S.S=S=S=S=S=S=S.S=S=S=S=S=S=S=S. The summed E-state index contributed by atoms with van der Waals surface area (Å²) in [6, 6.07) is 19.5. The Labute approximate surface area is 858 Å². The fourth-order valence-corrected chi connectivity index (χ4v) is 37.7. The van der Waals surface area contributed by atoms with Crippen LogP contribution in [-0.4, -0.2) is 191 Å². The molecule has 8 aromatic heterocycles. The first-order valence-electron chi connectivity index (χ1n) is 37.3. The Hall–Kier alpha value is -6.74. The fourth-order valence-electron chi connectivity index (χ4n) is 12.3. The van der Waals surface area contributed by atoms with Gasteiger partial charge in [-0.25, -0.2) is 48.7 Å². The van der Waals surface area contributed by atoms with Crippen molar-refractivity contribution < 1.29 is 71.2 Å². The van der Waals surface area contributed by atoms with Gasteiger partial charge in [-0.2, -0.15) is 15.3 Å². The minimum Gasteiger partial charge on any atom is -0.496 e. The fraction of sp³-hybridized carbons (Fsp3) is 0.338. The molecule has 11 aromatic rings. The summed E-state index contributed by atoms with van der Waals surface area (Å²) in [6.07, 6.45) is 8.18. The van der Waals surface area contributed by atoms with Crippen LogP contribution in [0.15, 0.2) is 119 Å². The lowest BCUT2D eigenvalue weighted by molar-refractivity contribution is -0.155. The summed E-state index contributed by atoms with van der Waals surface area (Å²) >= 11 is 33.9. The van der Waals surface area contributed by atoms with Gasteiger partial charge >= 0.3 is 11.9 Å². The maximum Gasteiger partial charge on any atom is 0.328 e. The van der Waals surface area contributed by atoms with Gasteiger partial charge < -0.3 is 39.6 Å². The number of hydrogen-bond donors (Lipinski definition) is 3. The molecule has 3 aromatic carbocycles. The van der Waals surface area contributed by atoms with Gasteiger partial charge in [-0.05, 0) is 116 Å². The van der Waals surface area contributed by atoms with Crippen LogP contribution < -0.4 is 24.8 Å². The molecule has 0 bridgehead atoms. The zero-order valence-electron chi connectivity index (χ0n) is 70.9. The number of ketones is 4. The van der Waals surface area contributed by atoms with E-state index in [1.807, 2.05) is 12.1 Å². The Balaban J connectivity index is 0.000000299. The smallest absolute Gasteiger partial charge is 0.328 e. The number of aryl methyl sites for hydroxylation is 3. The molecule has 10 heterocycles. The number of hydrogen-bond acceptors (Lipinski definition) is 30. The van der Waals surface area contributed by atoms with E-state index in [1.165, 1.54) is 125 Å². The summed E-state index contributed by atoms with van der Waals surface area (Å²) < 4.78 is 54.7. The number of nitrogens with one attached hydrogen (secondary N) is 2. The van der Waals surface area contributed by atoms with E-state index in [0.29, 0.717) is 99.0 Å². The molecule has 133 heavy (non-hydrogen) atoms. The quantitative estimate of drug-likeness (QED) is 0.0362. The number of alkyl halides is 2. The molecule has 2 amide bonds. The second-order valence-electron chi connectivity index (χ2n) is 27.6. The molecule has 2 aliphatic rings. The lowest BCUT2D eigenvalue weighted by Gasteiger charge is -2.23. The third-order valence-corrected chi connectivity index (χ3v) is 45.1. The van der Waals surface area contributed by atoms with Crippen LogP contribution in [0.1, 0.15) is 116 Å². The van der Waals surface area contributed by atoms with E-state index >= 15 is 0 Å². The van der Waals surface area contributed by atoms with Crippen molar-refractivity contribution in [2.24, 2.45) is 0 Å². The first-order valence-corrected chi connectivity index (χ1v) is 62.8. The highest BCUT2D eigenvalue weighted by Crippen LogP contribution is 2.39. The minimum atomic E-state index is -1.36. The Morgan fingerprint density at radius 3 is 1.24 bits per heavy atom. The van der Waals surface area contributed by atoms with Crippen molar-refractivity contribution in [3.8, 4) is 50.6 Å². The number of carboxylic acid groups (broad SMARTS) is 1. The largest absolute Gasteiger partial charge is 0.496 e. The lowest BCUT2D eigenvalue weighted by atomic mass is 10.0. The average molecular weight is 2360 g/mol. The van der Waals surface area contributed by atoms with Gasteiger partial charge in [-0.3, -0.25) is 52.4 Å². The van der Waals surface area contributed by atoms with E-state index in [-0.39, 0.29) is 124 Å². The van der Waals surface area contributed by atoms with Crippen LogP contribution in [0.4, 0.5) is 14.6 Å². The first-order chi connectivity index (χ1) is 62.5. The zero-order valence-corrected chi connectivity index (χ0v) is 92.0. The number of ether oxygens (including phenoxy) is 4. The molecule has 30 nitrogen and oxygen atoms in total. The van der Waals surface area contributed by atoms with Gasteiger partial charge in [0, 0.05) is 351 Å². The second-order valence-corrected chi connectivity index (χ2v) is 55.7. The molecule has 3 N–H and O–H groups in total. The third-order valence-electron chi connectivity index (χ3n) is 17.5. The molecule has 13 rings (SSSR count). The molecule has 2 fully saturated rings. The van der Waals surface area contributed by atoms with E-state index in [9.17, 15) is 47.1 Å². The van der Waals surface area contributed by atoms with Crippen LogP contribution in [0.2, 0.25) is 0 Å². The number of methoxy groups -OCH3 is 3. The maximum absolute atomic E-state index is 14.5. The molecular formula is C77H82Br2ClF2N17O13S21. The summed E-state index contributed by atoms with van der Waals surface area (Å²) in [5.74, 6) is 0.447. The van der Waals surface area contributed by atoms with Gasteiger partial charge in [0.05, 0.1) is 56.9 Å². The number of carboxylic acids is 1. The van der Waals surface area contributed by atoms with Crippen LogP contribution in [0.3, 0.4) is 0 Å².